The highest BCUT2D eigenvalue weighted by Crippen LogP contribution is 2.18. The number of benzene rings is 3. The minimum Gasteiger partial charge on any atom is -0.266 e. The third kappa shape index (κ3) is 4.84. The summed E-state index contributed by atoms with van der Waals surface area (Å²) in [6, 6.07) is 20.1. The van der Waals surface area contributed by atoms with Crippen LogP contribution in [0.3, 0.4) is 0 Å². The number of aromatic nitrogens is 2. The second-order valence-electron chi connectivity index (χ2n) is 6.75. The highest BCUT2D eigenvalue weighted by molar-refractivity contribution is 9.10. The van der Waals surface area contributed by atoms with Gasteiger partial charge in [0, 0.05) is 18.3 Å². The van der Waals surface area contributed by atoms with Crippen LogP contribution in [-0.2, 0) is 6.54 Å². The lowest BCUT2D eigenvalue weighted by molar-refractivity contribution is -0.384. The van der Waals surface area contributed by atoms with E-state index >= 15 is 0 Å². The van der Waals surface area contributed by atoms with Crippen LogP contribution in [0.15, 0.2) is 82.5 Å². The SMILES string of the molecule is O=C(N/N=C/c1ccc2ccccc2c1)c1nn(Cc2ccc([N+](=O)[O-])cc2)cc1Br. The Kier molecular flexibility index (Phi) is 5.85. The predicted molar refractivity (Wildman–Crippen MR) is 121 cm³/mol. The van der Waals surface area contributed by atoms with Crippen LogP contribution >= 0.6 is 15.9 Å². The molecule has 9 heteroatoms. The maximum atomic E-state index is 12.4. The van der Waals surface area contributed by atoms with Crippen molar-refractivity contribution in [2.45, 2.75) is 6.54 Å². The fourth-order valence-electron chi connectivity index (χ4n) is 3.05. The minimum absolute atomic E-state index is 0.0229. The third-order valence-electron chi connectivity index (χ3n) is 4.58. The summed E-state index contributed by atoms with van der Waals surface area (Å²) >= 11 is 3.34. The van der Waals surface area contributed by atoms with Crippen molar-refractivity contribution in [2.75, 3.05) is 0 Å². The number of nitrogens with zero attached hydrogens (tertiary/aromatic N) is 4. The van der Waals surface area contributed by atoms with Gasteiger partial charge in [0.1, 0.15) is 0 Å². The zero-order chi connectivity index (χ0) is 21.8. The average molecular weight is 478 g/mol. The zero-order valence-corrected chi connectivity index (χ0v) is 17.7. The Morgan fingerprint density at radius 3 is 2.61 bits per heavy atom. The molecule has 1 amide bonds. The van der Waals surface area contributed by atoms with Crippen LogP contribution in [0.1, 0.15) is 21.6 Å². The molecule has 1 N–H and O–H groups in total. The molecule has 154 valence electrons. The van der Waals surface area contributed by atoms with Crippen LogP contribution in [0.2, 0.25) is 0 Å². The predicted octanol–water partition coefficient (Wildman–Crippen LogP) is 4.52. The Balaban J connectivity index is 1.41. The van der Waals surface area contributed by atoms with E-state index in [0.29, 0.717) is 11.0 Å². The minimum atomic E-state index is -0.452. The van der Waals surface area contributed by atoms with E-state index in [1.165, 1.54) is 12.1 Å². The molecular weight excluding hydrogens is 462 g/mol. The first-order chi connectivity index (χ1) is 15.0. The van der Waals surface area contributed by atoms with Gasteiger partial charge in [-0.3, -0.25) is 19.6 Å². The van der Waals surface area contributed by atoms with Crippen molar-refractivity contribution in [1.29, 1.82) is 0 Å². The molecule has 4 rings (SSSR count). The van der Waals surface area contributed by atoms with Gasteiger partial charge in [0.2, 0.25) is 0 Å². The maximum absolute atomic E-state index is 12.4. The molecule has 1 aromatic heterocycles. The average Bonchev–Trinajstić information content (AvgIpc) is 3.14. The number of hydrogen-bond donors (Lipinski definition) is 1. The van der Waals surface area contributed by atoms with Crippen molar-refractivity contribution >= 4 is 44.5 Å². The van der Waals surface area contributed by atoms with Crippen molar-refractivity contribution < 1.29 is 9.72 Å². The number of nitro groups is 1. The molecule has 0 atom stereocenters. The molecule has 0 fully saturated rings. The lowest BCUT2D eigenvalue weighted by atomic mass is 10.1. The second-order valence-corrected chi connectivity index (χ2v) is 7.61. The number of non-ortho nitro benzene ring substituents is 1. The number of nitrogens with one attached hydrogen (secondary N) is 1. The van der Waals surface area contributed by atoms with Crippen LogP contribution in [0.5, 0.6) is 0 Å². The third-order valence-corrected chi connectivity index (χ3v) is 5.16. The van der Waals surface area contributed by atoms with Gasteiger partial charge in [-0.15, -0.1) is 0 Å². The Morgan fingerprint density at radius 2 is 1.87 bits per heavy atom. The number of carbonyl (C=O) groups excluding carboxylic acids is 1. The van der Waals surface area contributed by atoms with Gasteiger partial charge >= 0.3 is 0 Å². The number of nitro benzene ring substituents is 1. The van der Waals surface area contributed by atoms with Crippen LogP contribution in [0, 0.1) is 10.1 Å². The number of hydrogen-bond acceptors (Lipinski definition) is 5. The summed E-state index contributed by atoms with van der Waals surface area (Å²) in [5.41, 5.74) is 4.38. The molecule has 0 saturated heterocycles. The lowest BCUT2D eigenvalue weighted by Crippen LogP contribution is -2.19. The summed E-state index contributed by atoms with van der Waals surface area (Å²) in [5, 5.41) is 21.3. The van der Waals surface area contributed by atoms with Gasteiger partial charge in [0.25, 0.3) is 11.6 Å². The summed E-state index contributed by atoms with van der Waals surface area (Å²) in [4.78, 5) is 22.8. The van der Waals surface area contributed by atoms with Gasteiger partial charge < -0.3 is 0 Å². The van der Waals surface area contributed by atoms with Crippen LogP contribution < -0.4 is 5.43 Å². The first-order valence-corrected chi connectivity index (χ1v) is 10.1. The van der Waals surface area contributed by atoms with Gasteiger partial charge in [-0.25, -0.2) is 5.43 Å². The first-order valence-electron chi connectivity index (χ1n) is 9.28. The van der Waals surface area contributed by atoms with E-state index in [0.717, 1.165) is 21.9 Å². The largest absolute Gasteiger partial charge is 0.293 e. The summed E-state index contributed by atoms with van der Waals surface area (Å²) < 4.78 is 2.10. The summed E-state index contributed by atoms with van der Waals surface area (Å²) in [6.45, 7) is 0.365. The molecule has 3 aromatic carbocycles. The number of fused-ring (bicyclic) bond motifs is 1. The van der Waals surface area contributed by atoms with E-state index in [-0.39, 0.29) is 11.4 Å². The number of halogens is 1. The normalized spacial score (nSPS) is 11.1. The van der Waals surface area contributed by atoms with E-state index < -0.39 is 10.8 Å². The molecule has 0 spiro atoms. The van der Waals surface area contributed by atoms with Crippen molar-refractivity contribution in [3.8, 4) is 0 Å². The quantitative estimate of drug-likeness (QED) is 0.250. The smallest absolute Gasteiger partial charge is 0.266 e. The topological polar surface area (TPSA) is 102 Å². The van der Waals surface area contributed by atoms with E-state index in [9.17, 15) is 14.9 Å². The lowest BCUT2D eigenvalue weighted by Gasteiger charge is -2.01. The number of rotatable bonds is 6. The van der Waals surface area contributed by atoms with Crippen molar-refractivity contribution in [3.05, 3.63) is 104 Å². The molecule has 0 unspecified atom stereocenters. The van der Waals surface area contributed by atoms with E-state index in [4.69, 9.17) is 0 Å². The van der Waals surface area contributed by atoms with Gasteiger partial charge in [-0.05, 0) is 43.9 Å². The Morgan fingerprint density at radius 1 is 1.13 bits per heavy atom. The highest BCUT2D eigenvalue weighted by atomic mass is 79.9. The molecule has 31 heavy (non-hydrogen) atoms. The van der Waals surface area contributed by atoms with Crippen molar-refractivity contribution in [3.63, 3.8) is 0 Å². The zero-order valence-electron chi connectivity index (χ0n) is 16.1. The van der Waals surface area contributed by atoms with Crippen molar-refractivity contribution in [2.24, 2.45) is 5.10 Å². The molecule has 1 heterocycles. The van der Waals surface area contributed by atoms with E-state index in [2.05, 4.69) is 31.6 Å². The summed E-state index contributed by atoms with van der Waals surface area (Å²) in [5.74, 6) is -0.452. The molecule has 0 bridgehead atoms. The molecule has 0 aliphatic rings. The fraction of sp³-hybridized carbons (Fsp3) is 0.0455. The fourth-order valence-corrected chi connectivity index (χ4v) is 3.54. The molecule has 0 saturated carbocycles. The second kappa shape index (κ2) is 8.88. The van der Waals surface area contributed by atoms with Gasteiger partial charge in [0.05, 0.1) is 22.2 Å². The van der Waals surface area contributed by atoms with Crippen LogP contribution in [0.25, 0.3) is 10.8 Å². The molecule has 4 aromatic rings. The van der Waals surface area contributed by atoms with Gasteiger partial charge in [0.15, 0.2) is 5.69 Å². The number of amides is 1. The first kappa shape index (κ1) is 20.4. The van der Waals surface area contributed by atoms with Gasteiger partial charge in [-0.2, -0.15) is 10.2 Å². The standard InChI is InChI=1S/C22H16BrN5O3/c23-20-14-27(13-15-6-9-19(10-7-15)28(30)31)26-21(20)22(29)25-24-12-16-5-8-17-3-1-2-4-18(17)11-16/h1-12,14H,13H2,(H,25,29)/b24-12+. The van der Waals surface area contributed by atoms with E-state index in [1.54, 1.807) is 29.2 Å². The van der Waals surface area contributed by atoms with Crippen LogP contribution in [0.4, 0.5) is 5.69 Å². The molecular formula is C22H16BrN5O3. The summed E-state index contributed by atoms with van der Waals surface area (Å²) in [7, 11) is 0. The maximum Gasteiger partial charge on any atom is 0.293 e. The van der Waals surface area contributed by atoms with Gasteiger partial charge in [-0.1, -0.05) is 48.5 Å². The molecule has 0 aliphatic heterocycles. The Bertz CT molecular complexity index is 1300. The molecule has 8 nitrogen and oxygen atoms in total. The van der Waals surface area contributed by atoms with E-state index in [1.807, 2.05) is 42.5 Å². The highest BCUT2D eigenvalue weighted by Gasteiger charge is 2.15. The Labute approximate surface area is 185 Å². The summed E-state index contributed by atoms with van der Waals surface area (Å²) in [6.07, 6.45) is 3.25. The molecule has 0 aliphatic carbocycles. The Hall–Kier alpha value is -3.85. The number of hydrazone groups is 1. The monoisotopic (exact) mass is 477 g/mol. The number of carbonyl (C=O) groups is 1. The van der Waals surface area contributed by atoms with Crippen LogP contribution in [-0.4, -0.2) is 26.8 Å². The van der Waals surface area contributed by atoms with Crippen molar-refractivity contribution in [1.82, 2.24) is 15.2 Å². The molecule has 0 radical (unpaired) electrons.